The van der Waals surface area contributed by atoms with Crippen LogP contribution in [-0.2, 0) is 14.3 Å². The largest absolute Gasteiger partial charge is 0.388 e. The standard InChI is InChI=1S/C16H30N3O5PS/c1-10(20)17-8-6-12(21)18-16(26)19(2)15-14(23)13(22)11(24-15)7-9-25(3,4)5/h11,13-15,22-23H,3,6-9H2,1-2,4-5H3,(H,17,20)(H,18,21,26)/t11-,13-,14-,15-/m1/s1. The van der Waals surface area contributed by atoms with E-state index in [1.807, 2.05) is 0 Å². The number of ether oxygens (including phenoxy) is 1. The highest BCUT2D eigenvalue weighted by Gasteiger charge is 2.45. The first-order valence-electron chi connectivity index (χ1n) is 8.42. The summed E-state index contributed by atoms with van der Waals surface area (Å²) >= 11 is 5.18. The molecule has 26 heavy (non-hydrogen) atoms. The van der Waals surface area contributed by atoms with Crippen LogP contribution in [-0.4, -0.2) is 96.0 Å². The van der Waals surface area contributed by atoms with Crippen molar-refractivity contribution in [1.82, 2.24) is 15.5 Å². The summed E-state index contributed by atoms with van der Waals surface area (Å²) in [4.78, 5) is 24.1. The maximum atomic E-state index is 11.8. The first kappa shape index (κ1) is 23.0. The van der Waals surface area contributed by atoms with E-state index in [-0.39, 0.29) is 29.9 Å². The molecular weight excluding hydrogens is 377 g/mol. The summed E-state index contributed by atoms with van der Waals surface area (Å²) in [7, 11) is 1.58. The molecule has 0 unspecified atom stereocenters. The molecular formula is C16H30N3O5PS. The zero-order valence-corrected chi connectivity index (χ0v) is 17.5. The topological polar surface area (TPSA) is 111 Å². The Hall–Kier alpha value is -0.990. The predicted octanol–water partition coefficient (Wildman–Crippen LogP) is -0.608. The van der Waals surface area contributed by atoms with Crippen LogP contribution < -0.4 is 10.6 Å². The zero-order valence-electron chi connectivity index (χ0n) is 15.8. The van der Waals surface area contributed by atoms with Crippen molar-refractivity contribution in [3.05, 3.63) is 0 Å². The number of aliphatic hydroxyl groups is 2. The summed E-state index contributed by atoms with van der Waals surface area (Å²) < 4.78 is 5.78. The number of amides is 2. The Morgan fingerprint density at radius 2 is 1.92 bits per heavy atom. The molecule has 0 saturated carbocycles. The molecule has 1 rings (SSSR count). The number of nitrogens with zero attached hydrogens (tertiary/aromatic N) is 1. The van der Waals surface area contributed by atoms with Gasteiger partial charge in [-0.3, -0.25) is 9.59 Å². The number of carbonyl (C=O) groups excluding carboxylic acids is 2. The second-order valence-electron chi connectivity index (χ2n) is 7.19. The van der Waals surface area contributed by atoms with Crippen LogP contribution in [0.3, 0.4) is 0 Å². The van der Waals surface area contributed by atoms with Crippen LogP contribution in [0.1, 0.15) is 19.8 Å². The van der Waals surface area contributed by atoms with E-state index in [1.54, 1.807) is 7.05 Å². The lowest BCUT2D eigenvalue weighted by molar-refractivity contribution is -0.120. The smallest absolute Gasteiger partial charge is 0.227 e. The molecule has 0 spiro atoms. The number of hydrogen-bond acceptors (Lipinski definition) is 6. The molecule has 2 amide bonds. The van der Waals surface area contributed by atoms with Gasteiger partial charge in [-0.1, -0.05) is 0 Å². The van der Waals surface area contributed by atoms with Gasteiger partial charge in [0.15, 0.2) is 11.3 Å². The predicted molar refractivity (Wildman–Crippen MR) is 108 cm³/mol. The molecule has 1 aliphatic rings. The average molecular weight is 407 g/mol. The maximum Gasteiger partial charge on any atom is 0.227 e. The Kier molecular flexibility index (Phi) is 8.69. The molecule has 0 aliphatic carbocycles. The quantitative estimate of drug-likeness (QED) is 0.329. The van der Waals surface area contributed by atoms with Crippen molar-refractivity contribution in [2.24, 2.45) is 0 Å². The second-order valence-corrected chi connectivity index (χ2v) is 11.9. The lowest BCUT2D eigenvalue weighted by Gasteiger charge is -2.28. The Labute approximate surface area is 160 Å². The zero-order chi connectivity index (χ0) is 20.1. The maximum absolute atomic E-state index is 11.8. The first-order chi connectivity index (χ1) is 11.9. The Bertz CT molecular complexity index is 582. The van der Waals surface area contributed by atoms with E-state index in [1.165, 1.54) is 11.8 Å². The number of carbonyl (C=O) groups is 2. The van der Waals surface area contributed by atoms with Gasteiger partial charge in [-0.15, -0.1) is 13.2 Å². The Morgan fingerprint density at radius 3 is 2.46 bits per heavy atom. The fourth-order valence-corrected chi connectivity index (χ4v) is 3.67. The molecule has 4 atom stereocenters. The van der Waals surface area contributed by atoms with Crippen molar-refractivity contribution in [2.45, 2.75) is 44.3 Å². The normalized spacial score (nSPS) is 25.6. The van der Waals surface area contributed by atoms with Crippen LogP contribution in [0.4, 0.5) is 0 Å². The number of thiocarbonyl (C=S) groups is 1. The van der Waals surface area contributed by atoms with E-state index < -0.39 is 31.4 Å². The fourth-order valence-electron chi connectivity index (χ4n) is 2.50. The highest BCUT2D eigenvalue weighted by atomic mass is 32.1. The van der Waals surface area contributed by atoms with Crippen LogP contribution in [0.2, 0.25) is 0 Å². The summed E-state index contributed by atoms with van der Waals surface area (Å²) in [5, 5.41) is 25.6. The van der Waals surface area contributed by atoms with Gasteiger partial charge in [0.25, 0.3) is 0 Å². The Morgan fingerprint density at radius 1 is 1.31 bits per heavy atom. The van der Waals surface area contributed by atoms with Gasteiger partial charge in [0.05, 0.1) is 6.10 Å². The fraction of sp³-hybridized carbons (Fsp3) is 0.750. The number of aliphatic hydroxyl groups excluding tert-OH is 2. The molecule has 0 aromatic carbocycles. The lowest BCUT2D eigenvalue weighted by Crippen LogP contribution is -2.50. The van der Waals surface area contributed by atoms with Crippen LogP contribution in [0.25, 0.3) is 0 Å². The third-order valence-corrected chi connectivity index (χ3v) is 5.89. The number of nitrogens with one attached hydrogen (secondary N) is 2. The first-order valence-corrected chi connectivity index (χ1v) is 11.9. The molecule has 0 aromatic rings. The molecule has 8 nitrogen and oxygen atoms in total. The SMILES string of the molecule is C=P(C)(C)CC[C@H]1O[C@@H](N(C)C(=S)NC(=O)CCNC(C)=O)[C@H](O)[C@@H]1O. The van der Waals surface area contributed by atoms with Crippen molar-refractivity contribution in [3.63, 3.8) is 0 Å². The van der Waals surface area contributed by atoms with Crippen molar-refractivity contribution in [1.29, 1.82) is 0 Å². The Balaban J connectivity index is 2.55. The van der Waals surface area contributed by atoms with Crippen molar-refractivity contribution >= 4 is 42.3 Å². The minimum Gasteiger partial charge on any atom is -0.388 e. The van der Waals surface area contributed by atoms with E-state index >= 15 is 0 Å². The monoisotopic (exact) mass is 407 g/mol. The molecule has 0 radical (unpaired) electrons. The minimum absolute atomic E-state index is 0.0785. The molecule has 1 fully saturated rings. The summed E-state index contributed by atoms with van der Waals surface area (Å²) in [5.41, 5.74) is 0. The summed E-state index contributed by atoms with van der Waals surface area (Å²) in [6.07, 6.45) is 2.15. The van der Waals surface area contributed by atoms with Crippen LogP contribution >= 0.6 is 19.1 Å². The summed E-state index contributed by atoms with van der Waals surface area (Å²) in [6, 6.07) is 0. The third-order valence-electron chi connectivity index (χ3n) is 4.03. The molecule has 1 aliphatic heterocycles. The van der Waals surface area contributed by atoms with Gasteiger partial charge in [0.2, 0.25) is 11.8 Å². The molecule has 1 saturated heterocycles. The third kappa shape index (κ3) is 7.32. The number of rotatable bonds is 7. The van der Waals surface area contributed by atoms with Gasteiger partial charge in [0, 0.05) is 26.9 Å². The molecule has 0 bridgehead atoms. The van der Waals surface area contributed by atoms with E-state index in [0.29, 0.717) is 6.42 Å². The lowest BCUT2D eigenvalue weighted by atomic mass is 10.1. The van der Waals surface area contributed by atoms with E-state index in [9.17, 15) is 19.8 Å². The van der Waals surface area contributed by atoms with Gasteiger partial charge in [-0.05, 0) is 38.1 Å². The van der Waals surface area contributed by atoms with Gasteiger partial charge in [-0.2, -0.15) is 0 Å². The summed E-state index contributed by atoms with van der Waals surface area (Å²) in [6.45, 7) is 4.51. The molecule has 0 aromatic heterocycles. The van der Waals surface area contributed by atoms with Gasteiger partial charge in [0.1, 0.15) is 12.2 Å². The van der Waals surface area contributed by atoms with Gasteiger partial charge in [-0.25, -0.2) is 0 Å². The molecule has 1 heterocycles. The van der Waals surface area contributed by atoms with Crippen LogP contribution in [0, 0.1) is 0 Å². The van der Waals surface area contributed by atoms with E-state index in [2.05, 4.69) is 30.3 Å². The molecule has 4 N–H and O–H groups in total. The average Bonchev–Trinajstić information content (AvgIpc) is 2.79. The van der Waals surface area contributed by atoms with E-state index in [0.717, 1.165) is 6.16 Å². The molecule has 10 heteroatoms. The van der Waals surface area contributed by atoms with Crippen LogP contribution in [0.15, 0.2) is 0 Å². The van der Waals surface area contributed by atoms with Crippen molar-refractivity contribution in [3.8, 4) is 0 Å². The van der Waals surface area contributed by atoms with Crippen LogP contribution in [0.5, 0.6) is 0 Å². The van der Waals surface area contributed by atoms with E-state index in [4.69, 9.17) is 17.0 Å². The van der Waals surface area contributed by atoms with Crippen molar-refractivity contribution in [2.75, 3.05) is 33.1 Å². The number of hydrogen-bond donors (Lipinski definition) is 4. The molecule has 150 valence electrons. The highest BCUT2D eigenvalue weighted by molar-refractivity contribution is 7.80. The minimum atomic E-state index is -1.26. The van der Waals surface area contributed by atoms with Gasteiger partial charge >= 0.3 is 0 Å². The summed E-state index contributed by atoms with van der Waals surface area (Å²) in [5.74, 6) is -0.573. The number of likely N-dealkylation sites (N-methyl/N-ethyl adjacent to an activating group) is 1. The highest BCUT2D eigenvalue weighted by Crippen LogP contribution is 2.38. The van der Waals surface area contributed by atoms with Crippen molar-refractivity contribution < 1.29 is 24.5 Å². The van der Waals surface area contributed by atoms with Gasteiger partial charge < -0.3 is 30.5 Å². The second kappa shape index (κ2) is 9.80.